The van der Waals surface area contributed by atoms with Gasteiger partial charge in [0.1, 0.15) is 5.52 Å². The van der Waals surface area contributed by atoms with E-state index in [4.69, 9.17) is 15.9 Å². The van der Waals surface area contributed by atoms with Crippen LogP contribution in [0.25, 0.3) is 11.1 Å². The monoisotopic (exact) mass is 274 g/mol. The van der Waals surface area contributed by atoms with Crippen molar-refractivity contribution in [2.24, 2.45) is 11.7 Å². The van der Waals surface area contributed by atoms with Gasteiger partial charge in [-0.2, -0.15) is 0 Å². The summed E-state index contributed by atoms with van der Waals surface area (Å²) in [5.74, 6) is 0.472. The first kappa shape index (κ1) is 12.9. The predicted octanol–water partition coefficient (Wildman–Crippen LogP) is 1.11. The number of anilines is 1. The molecule has 6 nitrogen and oxygen atoms in total. The molecule has 1 saturated heterocycles. The van der Waals surface area contributed by atoms with Crippen molar-refractivity contribution in [3.8, 4) is 0 Å². The number of nitrogens with zero attached hydrogens (tertiary/aromatic N) is 2. The molecule has 1 fully saturated rings. The van der Waals surface area contributed by atoms with Crippen molar-refractivity contribution in [1.82, 2.24) is 9.88 Å². The van der Waals surface area contributed by atoms with Gasteiger partial charge >= 0.3 is 0 Å². The Bertz CT molecular complexity index is 629. The van der Waals surface area contributed by atoms with Crippen LogP contribution in [0.2, 0.25) is 0 Å². The lowest BCUT2D eigenvalue weighted by molar-refractivity contribution is -0.123. The number of amides is 1. The molecular weight excluding hydrogens is 256 g/mol. The van der Waals surface area contributed by atoms with E-state index in [1.54, 1.807) is 0 Å². The lowest BCUT2D eigenvalue weighted by Crippen LogP contribution is -2.38. The van der Waals surface area contributed by atoms with Gasteiger partial charge in [0.25, 0.3) is 0 Å². The van der Waals surface area contributed by atoms with E-state index in [0.29, 0.717) is 23.7 Å². The zero-order valence-corrected chi connectivity index (χ0v) is 11.2. The molecule has 0 aliphatic carbocycles. The molecule has 1 aromatic heterocycles. The summed E-state index contributed by atoms with van der Waals surface area (Å²) in [5, 5.41) is 0. The van der Waals surface area contributed by atoms with Crippen molar-refractivity contribution in [3.05, 3.63) is 24.1 Å². The maximum atomic E-state index is 11.1. The standard InChI is InChI=1S/C14H18N4O2/c15-10-2-1-3-11-13(10)17-12(20-11)8-18-6-4-9(5-7-18)14(16)19/h1-3,9H,4-8,15H2,(H2,16,19). The number of hydrogen-bond acceptors (Lipinski definition) is 5. The first-order valence-corrected chi connectivity index (χ1v) is 6.79. The highest BCUT2D eigenvalue weighted by molar-refractivity contribution is 5.85. The van der Waals surface area contributed by atoms with E-state index in [1.807, 2.05) is 18.2 Å². The SMILES string of the molecule is NC(=O)C1CCN(Cc2nc3c(N)cccc3o2)CC1. The largest absolute Gasteiger partial charge is 0.439 e. The number of primary amides is 1. The van der Waals surface area contributed by atoms with Crippen LogP contribution in [0.15, 0.2) is 22.6 Å². The van der Waals surface area contributed by atoms with E-state index in [-0.39, 0.29) is 11.8 Å². The van der Waals surface area contributed by atoms with Gasteiger partial charge in [0.05, 0.1) is 12.2 Å². The van der Waals surface area contributed by atoms with Gasteiger partial charge in [-0.15, -0.1) is 0 Å². The molecule has 0 radical (unpaired) electrons. The summed E-state index contributed by atoms with van der Waals surface area (Å²) >= 11 is 0. The van der Waals surface area contributed by atoms with Crippen LogP contribution in [0.5, 0.6) is 0 Å². The average molecular weight is 274 g/mol. The Morgan fingerprint density at radius 2 is 2.15 bits per heavy atom. The molecule has 1 amide bonds. The molecule has 3 rings (SSSR count). The Hall–Kier alpha value is -2.08. The third-order valence-electron chi connectivity index (χ3n) is 3.84. The normalized spacial score (nSPS) is 17.6. The van der Waals surface area contributed by atoms with Gasteiger partial charge in [0, 0.05) is 5.92 Å². The number of rotatable bonds is 3. The number of piperidine rings is 1. The van der Waals surface area contributed by atoms with Crippen LogP contribution in [0, 0.1) is 5.92 Å². The van der Waals surface area contributed by atoms with Gasteiger partial charge in [-0.05, 0) is 38.1 Å². The fraction of sp³-hybridized carbons (Fsp3) is 0.429. The van der Waals surface area contributed by atoms with Gasteiger partial charge in [-0.25, -0.2) is 4.98 Å². The number of nitrogens with two attached hydrogens (primary N) is 2. The van der Waals surface area contributed by atoms with Crippen LogP contribution in [0.4, 0.5) is 5.69 Å². The highest BCUT2D eigenvalue weighted by Crippen LogP contribution is 2.23. The molecule has 2 aromatic rings. The van der Waals surface area contributed by atoms with Crippen LogP contribution in [-0.2, 0) is 11.3 Å². The number of likely N-dealkylation sites (tertiary alicyclic amines) is 1. The smallest absolute Gasteiger partial charge is 0.220 e. The Morgan fingerprint density at radius 3 is 2.80 bits per heavy atom. The number of hydrogen-bond donors (Lipinski definition) is 2. The number of oxazole rings is 1. The Morgan fingerprint density at radius 1 is 1.40 bits per heavy atom. The first-order chi connectivity index (χ1) is 9.63. The third kappa shape index (κ3) is 2.46. The Kier molecular flexibility index (Phi) is 3.31. The number of aromatic nitrogens is 1. The van der Waals surface area contributed by atoms with Crippen molar-refractivity contribution >= 4 is 22.7 Å². The fourth-order valence-corrected chi connectivity index (χ4v) is 2.65. The quantitative estimate of drug-likeness (QED) is 0.817. The molecule has 1 aromatic carbocycles. The summed E-state index contributed by atoms with van der Waals surface area (Å²) < 4.78 is 5.70. The lowest BCUT2D eigenvalue weighted by Gasteiger charge is -2.29. The second-order valence-electron chi connectivity index (χ2n) is 5.25. The summed E-state index contributed by atoms with van der Waals surface area (Å²) in [7, 11) is 0. The van der Waals surface area contributed by atoms with Crippen LogP contribution in [-0.4, -0.2) is 28.9 Å². The molecule has 6 heteroatoms. The third-order valence-corrected chi connectivity index (χ3v) is 3.84. The van der Waals surface area contributed by atoms with Crippen molar-refractivity contribution < 1.29 is 9.21 Å². The molecule has 106 valence electrons. The predicted molar refractivity (Wildman–Crippen MR) is 75.6 cm³/mol. The van der Waals surface area contributed by atoms with E-state index in [2.05, 4.69) is 9.88 Å². The van der Waals surface area contributed by atoms with Crippen molar-refractivity contribution in [2.75, 3.05) is 18.8 Å². The van der Waals surface area contributed by atoms with Crippen LogP contribution in [0.1, 0.15) is 18.7 Å². The van der Waals surface area contributed by atoms with E-state index in [1.165, 1.54) is 0 Å². The summed E-state index contributed by atoms with van der Waals surface area (Å²) in [4.78, 5) is 17.8. The molecule has 4 N–H and O–H groups in total. The summed E-state index contributed by atoms with van der Waals surface area (Å²) in [5.41, 5.74) is 13.3. The maximum Gasteiger partial charge on any atom is 0.220 e. The van der Waals surface area contributed by atoms with Crippen LogP contribution in [0.3, 0.4) is 0 Å². The minimum Gasteiger partial charge on any atom is -0.439 e. The number of carbonyl (C=O) groups is 1. The average Bonchev–Trinajstić information content (AvgIpc) is 2.83. The summed E-state index contributed by atoms with van der Waals surface area (Å²) in [6.07, 6.45) is 1.61. The lowest BCUT2D eigenvalue weighted by atomic mass is 9.96. The molecule has 2 heterocycles. The minimum atomic E-state index is -0.195. The zero-order chi connectivity index (χ0) is 14.1. The van der Waals surface area contributed by atoms with Gasteiger partial charge in [0.15, 0.2) is 5.58 Å². The van der Waals surface area contributed by atoms with Crippen LogP contribution >= 0.6 is 0 Å². The number of benzene rings is 1. The van der Waals surface area contributed by atoms with Gasteiger partial charge in [-0.3, -0.25) is 9.69 Å². The number of carbonyl (C=O) groups excluding carboxylic acids is 1. The Labute approximate surface area is 116 Å². The topological polar surface area (TPSA) is 98.4 Å². The van der Waals surface area contributed by atoms with Gasteiger partial charge in [-0.1, -0.05) is 6.07 Å². The molecular formula is C14H18N4O2. The Balaban J connectivity index is 1.68. The highest BCUT2D eigenvalue weighted by atomic mass is 16.3. The second-order valence-corrected chi connectivity index (χ2v) is 5.25. The number of nitrogen functional groups attached to an aromatic ring is 1. The maximum absolute atomic E-state index is 11.1. The summed E-state index contributed by atoms with van der Waals surface area (Å²) in [6.45, 7) is 2.31. The first-order valence-electron chi connectivity index (χ1n) is 6.79. The molecule has 0 bridgehead atoms. The van der Waals surface area contributed by atoms with Crippen molar-refractivity contribution in [2.45, 2.75) is 19.4 Å². The van der Waals surface area contributed by atoms with Crippen molar-refractivity contribution in [1.29, 1.82) is 0 Å². The van der Waals surface area contributed by atoms with E-state index in [9.17, 15) is 4.79 Å². The molecule has 0 unspecified atom stereocenters. The highest BCUT2D eigenvalue weighted by Gasteiger charge is 2.24. The van der Waals surface area contributed by atoms with Crippen LogP contribution < -0.4 is 11.5 Å². The van der Waals surface area contributed by atoms with E-state index < -0.39 is 0 Å². The molecule has 20 heavy (non-hydrogen) atoms. The molecule has 0 atom stereocenters. The number of fused-ring (bicyclic) bond motifs is 1. The van der Waals surface area contributed by atoms with Gasteiger partial charge in [0.2, 0.25) is 11.8 Å². The molecule has 0 saturated carbocycles. The molecule has 1 aliphatic heterocycles. The number of para-hydroxylation sites is 1. The van der Waals surface area contributed by atoms with Gasteiger partial charge < -0.3 is 15.9 Å². The molecule has 1 aliphatic rings. The fourth-order valence-electron chi connectivity index (χ4n) is 2.65. The zero-order valence-electron chi connectivity index (χ0n) is 11.2. The molecule has 0 spiro atoms. The minimum absolute atomic E-state index is 0.00512. The van der Waals surface area contributed by atoms with E-state index in [0.717, 1.165) is 31.4 Å². The van der Waals surface area contributed by atoms with Crippen molar-refractivity contribution in [3.63, 3.8) is 0 Å². The summed E-state index contributed by atoms with van der Waals surface area (Å²) in [6, 6.07) is 5.53. The second kappa shape index (κ2) is 5.13. The van der Waals surface area contributed by atoms with E-state index >= 15 is 0 Å².